The molecule has 1 aliphatic rings. The Morgan fingerprint density at radius 3 is 2.44 bits per heavy atom. The molecule has 1 aromatic rings. The van der Waals surface area contributed by atoms with E-state index in [2.05, 4.69) is 4.98 Å². The molecule has 1 aliphatic carbocycles. The Labute approximate surface area is 96.8 Å². The van der Waals surface area contributed by atoms with E-state index in [1.807, 2.05) is 39.8 Å². The van der Waals surface area contributed by atoms with Crippen molar-refractivity contribution in [2.75, 3.05) is 0 Å². The molecular weight excluding hydrogens is 202 g/mol. The molecule has 0 bridgehead atoms. The summed E-state index contributed by atoms with van der Waals surface area (Å²) in [7, 11) is 0. The molecule has 3 heteroatoms. The number of hydrogen-bond acceptors (Lipinski definition) is 3. The van der Waals surface area contributed by atoms with Crippen LogP contribution in [-0.2, 0) is 0 Å². The first kappa shape index (κ1) is 11.2. The molecule has 1 fully saturated rings. The summed E-state index contributed by atoms with van der Waals surface area (Å²) in [6.45, 7) is 7.99. The molecule has 0 spiro atoms. The number of ether oxygens (including phenoxy) is 2. The quantitative estimate of drug-likeness (QED) is 0.786. The van der Waals surface area contributed by atoms with E-state index in [9.17, 15) is 0 Å². The number of aromatic nitrogens is 1. The van der Waals surface area contributed by atoms with Gasteiger partial charge in [-0.2, -0.15) is 0 Å². The minimum atomic E-state index is -0.210. The lowest BCUT2D eigenvalue weighted by Gasteiger charge is -2.20. The van der Waals surface area contributed by atoms with Crippen LogP contribution in [0.1, 0.15) is 39.3 Å². The molecule has 16 heavy (non-hydrogen) atoms. The average Bonchev–Trinajstić information content (AvgIpc) is 2.90. The minimum absolute atomic E-state index is 0.210. The van der Waals surface area contributed by atoms with Crippen molar-refractivity contribution in [2.45, 2.75) is 52.2 Å². The van der Waals surface area contributed by atoms with Crippen molar-refractivity contribution < 1.29 is 9.47 Å². The summed E-state index contributed by atoms with van der Waals surface area (Å²) in [5, 5.41) is 0. The normalized spacial score (nSPS) is 16.0. The van der Waals surface area contributed by atoms with Gasteiger partial charge < -0.3 is 9.47 Å². The predicted octanol–water partition coefficient (Wildman–Crippen LogP) is 3.11. The van der Waals surface area contributed by atoms with E-state index >= 15 is 0 Å². The van der Waals surface area contributed by atoms with Gasteiger partial charge in [0.05, 0.1) is 11.8 Å². The minimum Gasteiger partial charge on any atom is -0.489 e. The summed E-state index contributed by atoms with van der Waals surface area (Å²) in [5.74, 6) is 1.54. The van der Waals surface area contributed by atoms with Crippen LogP contribution in [0.2, 0.25) is 0 Å². The Kier molecular flexibility index (Phi) is 2.78. The molecule has 0 N–H and O–H groups in total. The molecule has 1 heterocycles. The Bertz CT molecular complexity index is 378. The first-order chi connectivity index (χ1) is 7.44. The van der Waals surface area contributed by atoms with E-state index in [-0.39, 0.29) is 5.60 Å². The summed E-state index contributed by atoms with van der Waals surface area (Å²) in [6, 6.07) is 3.82. The second-order valence-corrected chi connectivity index (χ2v) is 5.26. The van der Waals surface area contributed by atoms with Gasteiger partial charge in [-0.3, -0.25) is 0 Å². The van der Waals surface area contributed by atoms with Gasteiger partial charge in [0.25, 0.3) is 0 Å². The van der Waals surface area contributed by atoms with Gasteiger partial charge in [-0.1, -0.05) is 0 Å². The summed E-state index contributed by atoms with van der Waals surface area (Å²) < 4.78 is 11.4. The predicted molar refractivity (Wildman–Crippen MR) is 63.0 cm³/mol. The van der Waals surface area contributed by atoms with Gasteiger partial charge in [0.1, 0.15) is 11.4 Å². The van der Waals surface area contributed by atoms with Gasteiger partial charge in [0.15, 0.2) is 0 Å². The number of nitrogens with zero attached hydrogens (tertiary/aromatic N) is 1. The zero-order valence-corrected chi connectivity index (χ0v) is 10.4. The highest BCUT2D eigenvalue weighted by Gasteiger charge is 2.24. The fraction of sp³-hybridized carbons (Fsp3) is 0.615. The van der Waals surface area contributed by atoms with Crippen molar-refractivity contribution in [3.8, 4) is 11.6 Å². The largest absolute Gasteiger partial charge is 0.489 e. The summed E-state index contributed by atoms with van der Waals surface area (Å²) in [5.41, 5.74) is 0.687. The Hall–Kier alpha value is -1.25. The van der Waals surface area contributed by atoms with Crippen LogP contribution in [0, 0.1) is 6.92 Å². The van der Waals surface area contributed by atoms with Crippen LogP contribution >= 0.6 is 0 Å². The first-order valence-corrected chi connectivity index (χ1v) is 5.77. The number of rotatable bonds is 3. The maximum atomic E-state index is 5.72. The van der Waals surface area contributed by atoms with Crippen molar-refractivity contribution in [1.82, 2.24) is 4.98 Å². The van der Waals surface area contributed by atoms with Crippen LogP contribution in [-0.4, -0.2) is 16.7 Å². The molecule has 88 valence electrons. The van der Waals surface area contributed by atoms with E-state index in [1.54, 1.807) is 0 Å². The molecule has 0 atom stereocenters. The lowest BCUT2D eigenvalue weighted by Crippen LogP contribution is -2.23. The molecule has 3 nitrogen and oxygen atoms in total. The highest BCUT2D eigenvalue weighted by atomic mass is 16.5. The maximum Gasteiger partial charge on any atom is 0.214 e. The van der Waals surface area contributed by atoms with Gasteiger partial charge in [-0.25, -0.2) is 4.98 Å². The topological polar surface area (TPSA) is 31.4 Å². The molecule has 1 aromatic heterocycles. The molecule has 0 amide bonds. The maximum absolute atomic E-state index is 5.72. The first-order valence-electron chi connectivity index (χ1n) is 5.77. The van der Waals surface area contributed by atoms with Crippen LogP contribution in [0.3, 0.4) is 0 Å². The van der Waals surface area contributed by atoms with E-state index in [1.165, 1.54) is 12.8 Å². The highest BCUT2D eigenvalue weighted by molar-refractivity contribution is 5.31. The third-order valence-corrected chi connectivity index (χ3v) is 2.24. The lowest BCUT2D eigenvalue weighted by atomic mass is 10.2. The average molecular weight is 221 g/mol. The second-order valence-electron chi connectivity index (χ2n) is 5.26. The summed E-state index contributed by atoms with van der Waals surface area (Å²) in [6.07, 6.45) is 2.74. The Morgan fingerprint density at radius 2 is 1.94 bits per heavy atom. The van der Waals surface area contributed by atoms with Gasteiger partial charge in [0, 0.05) is 6.07 Å². The summed E-state index contributed by atoms with van der Waals surface area (Å²) >= 11 is 0. The smallest absolute Gasteiger partial charge is 0.214 e. The molecule has 2 rings (SSSR count). The molecular formula is C13H19NO2. The molecule has 1 saturated carbocycles. The van der Waals surface area contributed by atoms with Crippen LogP contribution in [0.15, 0.2) is 12.1 Å². The molecule has 0 aliphatic heterocycles. The van der Waals surface area contributed by atoms with Crippen molar-refractivity contribution in [1.29, 1.82) is 0 Å². The van der Waals surface area contributed by atoms with Gasteiger partial charge in [0.2, 0.25) is 5.88 Å². The second kappa shape index (κ2) is 3.96. The van der Waals surface area contributed by atoms with Crippen molar-refractivity contribution in [2.24, 2.45) is 0 Å². The van der Waals surface area contributed by atoms with Gasteiger partial charge in [-0.15, -0.1) is 0 Å². The fourth-order valence-electron chi connectivity index (χ4n) is 1.39. The third kappa shape index (κ3) is 3.12. The van der Waals surface area contributed by atoms with Crippen LogP contribution in [0.4, 0.5) is 0 Å². The van der Waals surface area contributed by atoms with Crippen LogP contribution in [0.5, 0.6) is 11.6 Å². The van der Waals surface area contributed by atoms with Gasteiger partial charge in [-0.05, 0) is 46.6 Å². The van der Waals surface area contributed by atoms with E-state index in [4.69, 9.17) is 9.47 Å². The molecule has 0 saturated heterocycles. The van der Waals surface area contributed by atoms with Crippen molar-refractivity contribution >= 4 is 0 Å². The number of hydrogen-bond donors (Lipinski definition) is 0. The lowest BCUT2D eigenvalue weighted by molar-refractivity contribution is 0.123. The molecule has 0 radical (unpaired) electrons. The monoisotopic (exact) mass is 221 g/mol. The SMILES string of the molecule is Cc1nc(OC(C)(C)C)ccc1OC1CC1. The zero-order valence-electron chi connectivity index (χ0n) is 10.4. The molecule has 0 aromatic carbocycles. The molecule has 0 unspecified atom stereocenters. The van der Waals surface area contributed by atoms with E-state index in [0.29, 0.717) is 12.0 Å². The van der Waals surface area contributed by atoms with Crippen molar-refractivity contribution in [3.05, 3.63) is 17.8 Å². The Balaban J connectivity index is 2.08. The van der Waals surface area contributed by atoms with E-state index in [0.717, 1.165) is 11.4 Å². The van der Waals surface area contributed by atoms with Crippen LogP contribution in [0.25, 0.3) is 0 Å². The zero-order chi connectivity index (χ0) is 11.8. The van der Waals surface area contributed by atoms with Crippen molar-refractivity contribution in [3.63, 3.8) is 0 Å². The number of aryl methyl sites for hydroxylation is 1. The standard InChI is InChI=1S/C13H19NO2/c1-9-11(15-10-5-6-10)7-8-12(14-9)16-13(2,3)4/h7-8,10H,5-6H2,1-4H3. The third-order valence-electron chi connectivity index (χ3n) is 2.24. The highest BCUT2D eigenvalue weighted by Crippen LogP contribution is 2.29. The van der Waals surface area contributed by atoms with Crippen LogP contribution < -0.4 is 9.47 Å². The fourth-order valence-corrected chi connectivity index (χ4v) is 1.39. The Morgan fingerprint density at radius 1 is 1.25 bits per heavy atom. The summed E-state index contributed by atoms with van der Waals surface area (Å²) in [4.78, 5) is 4.39. The van der Waals surface area contributed by atoms with Gasteiger partial charge >= 0.3 is 0 Å². The van der Waals surface area contributed by atoms with E-state index < -0.39 is 0 Å². The number of pyridine rings is 1.